The number of hydrogen-bond donors (Lipinski definition) is 1. The van der Waals surface area contributed by atoms with E-state index in [2.05, 4.69) is 0 Å². The van der Waals surface area contributed by atoms with E-state index in [0.29, 0.717) is 12.8 Å². The van der Waals surface area contributed by atoms with Crippen LogP contribution in [0, 0.1) is 5.92 Å². The molecule has 0 heterocycles. The number of aliphatic carboxylic acids is 1. The third kappa shape index (κ3) is 6.73. The number of carbonyl (C=O) groups is 1. The molecule has 19 heavy (non-hydrogen) atoms. The number of carboxylic acids is 1. The van der Waals surface area contributed by atoms with Crippen LogP contribution in [0.25, 0.3) is 0 Å². The fourth-order valence-electron chi connectivity index (χ4n) is 1.74. The first-order valence-electron chi connectivity index (χ1n) is 6.29. The van der Waals surface area contributed by atoms with Crippen molar-refractivity contribution < 1.29 is 31.9 Å². The maximum absolute atomic E-state index is 12.6. The monoisotopic (exact) mass is 290 g/mol. The van der Waals surface area contributed by atoms with Gasteiger partial charge >= 0.3 is 18.1 Å². The second-order valence-corrected chi connectivity index (χ2v) is 4.63. The molecular weight excluding hydrogens is 271 g/mol. The van der Waals surface area contributed by atoms with E-state index >= 15 is 0 Å². The summed E-state index contributed by atoms with van der Waals surface area (Å²) in [5, 5.41) is 8.85. The second-order valence-electron chi connectivity index (χ2n) is 4.63. The molecule has 0 aromatic rings. The zero-order valence-corrected chi connectivity index (χ0v) is 10.8. The van der Waals surface area contributed by atoms with Crippen LogP contribution in [-0.2, 0) is 4.79 Å². The van der Waals surface area contributed by atoms with Gasteiger partial charge in [-0.1, -0.05) is 26.2 Å². The Morgan fingerprint density at radius 3 is 2.00 bits per heavy atom. The Morgan fingerprint density at radius 2 is 1.58 bits per heavy atom. The first-order valence-corrected chi connectivity index (χ1v) is 6.29. The molecule has 0 fully saturated rings. The molecular formula is C12H19F5O2. The summed E-state index contributed by atoms with van der Waals surface area (Å²) in [4.78, 5) is 10.8. The van der Waals surface area contributed by atoms with Crippen molar-refractivity contribution in [3.8, 4) is 0 Å². The van der Waals surface area contributed by atoms with Gasteiger partial charge in [-0.05, 0) is 19.3 Å². The molecule has 0 radical (unpaired) electrons. The summed E-state index contributed by atoms with van der Waals surface area (Å²) in [7, 11) is 0. The molecule has 0 saturated heterocycles. The van der Waals surface area contributed by atoms with Crippen molar-refractivity contribution in [2.24, 2.45) is 5.92 Å². The van der Waals surface area contributed by atoms with Crippen molar-refractivity contribution >= 4 is 5.97 Å². The number of rotatable bonds is 9. The number of hydrogen-bond acceptors (Lipinski definition) is 1. The lowest BCUT2D eigenvalue weighted by Gasteiger charge is -2.20. The SMILES string of the molecule is CCCCCC(CCCC(F)(F)C(F)(F)F)C(=O)O. The molecule has 0 aliphatic rings. The Balaban J connectivity index is 4.16. The minimum atomic E-state index is -5.56. The van der Waals surface area contributed by atoms with Gasteiger partial charge in [-0.2, -0.15) is 22.0 Å². The van der Waals surface area contributed by atoms with Crippen LogP contribution < -0.4 is 0 Å². The quantitative estimate of drug-likeness (QED) is 0.496. The third-order valence-corrected chi connectivity index (χ3v) is 2.96. The standard InChI is InChI=1S/C12H19F5O2/c1-2-3-4-6-9(10(18)19)7-5-8-11(13,14)12(15,16)17/h9H,2-8H2,1H3,(H,18,19). The molecule has 0 saturated carbocycles. The van der Waals surface area contributed by atoms with Gasteiger partial charge in [-0.15, -0.1) is 0 Å². The van der Waals surface area contributed by atoms with Crippen molar-refractivity contribution in [3.63, 3.8) is 0 Å². The Labute approximate surface area is 109 Å². The van der Waals surface area contributed by atoms with Crippen molar-refractivity contribution in [2.45, 2.75) is 64.0 Å². The van der Waals surface area contributed by atoms with Gasteiger partial charge in [0.05, 0.1) is 5.92 Å². The van der Waals surface area contributed by atoms with Gasteiger partial charge in [-0.25, -0.2) is 0 Å². The number of carboxylic acid groups (broad SMARTS) is 1. The second kappa shape index (κ2) is 7.65. The van der Waals surface area contributed by atoms with E-state index in [1.165, 1.54) is 0 Å². The van der Waals surface area contributed by atoms with Gasteiger partial charge in [0.2, 0.25) is 0 Å². The minimum absolute atomic E-state index is 0.148. The minimum Gasteiger partial charge on any atom is -0.481 e. The first-order chi connectivity index (χ1) is 8.62. The molecule has 7 heteroatoms. The molecule has 0 bridgehead atoms. The maximum atomic E-state index is 12.6. The summed E-state index contributed by atoms with van der Waals surface area (Å²) in [6.45, 7) is 1.93. The lowest BCUT2D eigenvalue weighted by atomic mass is 9.94. The Bertz CT molecular complexity index is 276. The Hall–Kier alpha value is -0.880. The van der Waals surface area contributed by atoms with Crippen molar-refractivity contribution in [2.75, 3.05) is 0 Å². The number of alkyl halides is 5. The summed E-state index contributed by atoms with van der Waals surface area (Å²) < 4.78 is 60.9. The molecule has 1 atom stereocenters. The highest BCUT2D eigenvalue weighted by Crippen LogP contribution is 2.39. The molecule has 1 unspecified atom stereocenters. The zero-order chi connectivity index (χ0) is 15.1. The lowest BCUT2D eigenvalue weighted by molar-refractivity contribution is -0.284. The average molecular weight is 290 g/mol. The fraction of sp³-hybridized carbons (Fsp3) is 0.917. The summed E-state index contributed by atoms with van der Waals surface area (Å²) in [6.07, 6.45) is -4.84. The van der Waals surface area contributed by atoms with Crippen LogP contribution in [0.4, 0.5) is 22.0 Å². The van der Waals surface area contributed by atoms with Gasteiger partial charge in [-0.3, -0.25) is 4.79 Å². The summed E-state index contributed by atoms with van der Waals surface area (Å²) in [5.74, 6) is -6.71. The lowest BCUT2D eigenvalue weighted by Crippen LogP contribution is -2.36. The van der Waals surface area contributed by atoms with Gasteiger partial charge in [0.25, 0.3) is 0 Å². The topological polar surface area (TPSA) is 37.3 Å². The fourth-order valence-corrected chi connectivity index (χ4v) is 1.74. The highest BCUT2D eigenvalue weighted by atomic mass is 19.4. The number of unbranched alkanes of at least 4 members (excludes halogenated alkanes) is 2. The predicted octanol–water partition coefficient (Wildman–Crippen LogP) is 4.64. The Kier molecular flexibility index (Phi) is 7.29. The summed E-state index contributed by atoms with van der Waals surface area (Å²) in [6, 6.07) is 0. The molecule has 0 spiro atoms. The Morgan fingerprint density at radius 1 is 1.05 bits per heavy atom. The number of halogens is 5. The molecule has 0 rings (SSSR count). The van der Waals surface area contributed by atoms with Gasteiger partial charge in [0.1, 0.15) is 0 Å². The molecule has 0 aromatic heterocycles. The van der Waals surface area contributed by atoms with Crippen molar-refractivity contribution in [3.05, 3.63) is 0 Å². The van der Waals surface area contributed by atoms with Crippen LogP contribution in [0.15, 0.2) is 0 Å². The molecule has 2 nitrogen and oxygen atoms in total. The molecule has 114 valence electrons. The first kappa shape index (κ1) is 18.1. The average Bonchev–Trinajstić information content (AvgIpc) is 2.25. The molecule has 0 aromatic carbocycles. The van der Waals surface area contributed by atoms with E-state index in [-0.39, 0.29) is 6.42 Å². The predicted molar refractivity (Wildman–Crippen MR) is 60.1 cm³/mol. The van der Waals surface area contributed by atoms with E-state index in [0.717, 1.165) is 12.8 Å². The van der Waals surface area contributed by atoms with E-state index in [1.54, 1.807) is 0 Å². The largest absolute Gasteiger partial charge is 0.481 e. The highest BCUT2D eigenvalue weighted by molar-refractivity contribution is 5.69. The van der Waals surface area contributed by atoms with E-state index in [4.69, 9.17) is 5.11 Å². The normalized spacial score (nSPS) is 14.4. The van der Waals surface area contributed by atoms with Crippen LogP contribution >= 0.6 is 0 Å². The van der Waals surface area contributed by atoms with E-state index in [1.807, 2.05) is 6.92 Å². The van der Waals surface area contributed by atoms with Crippen LogP contribution in [0.5, 0.6) is 0 Å². The smallest absolute Gasteiger partial charge is 0.453 e. The van der Waals surface area contributed by atoms with Crippen LogP contribution in [0.3, 0.4) is 0 Å². The molecule has 0 amide bonds. The van der Waals surface area contributed by atoms with Gasteiger partial charge in [0, 0.05) is 6.42 Å². The van der Waals surface area contributed by atoms with Gasteiger partial charge < -0.3 is 5.11 Å². The summed E-state index contributed by atoms with van der Waals surface area (Å²) >= 11 is 0. The molecule has 0 aliphatic carbocycles. The van der Waals surface area contributed by atoms with Gasteiger partial charge in [0.15, 0.2) is 0 Å². The van der Waals surface area contributed by atoms with E-state index < -0.39 is 36.8 Å². The van der Waals surface area contributed by atoms with E-state index in [9.17, 15) is 26.7 Å². The van der Waals surface area contributed by atoms with Crippen molar-refractivity contribution in [1.29, 1.82) is 0 Å². The summed E-state index contributed by atoms with van der Waals surface area (Å²) in [5.41, 5.74) is 0. The van der Waals surface area contributed by atoms with Crippen LogP contribution in [-0.4, -0.2) is 23.2 Å². The van der Waals surface area contributed by atoms with Crippen LogP contribution in [0.2, 0.25) is 0 Å². The zero-order valence-electron chi connectivity index (χ0n) is 10.8. The molecule has 1 N–H and O–H groups in total. The molecule has 0 aliphatic heterocycles. The van der Waals surface area contributed by atoms with Crippen molar-refractivity contribution in [1.82, 2.24) is 0 Å². The maximum Gasteiger partial charge on any atom is 0.453 e. The third-order valence-electron chi connectivity index (χ3n) is 2.96. The highest BCUT2D eigenvalue weighted by Gasteiger charge is 2.56. The van der Waals surface area contributed by atoms with Crippen LogP contribution in [0.1, 0.15) is 51.9 Å².